The summed E-state index contributed by atoms with van der Waals surface area (Å²) < 4.78 is 23.9. The summed E-state index contributed by atoms with van der Waals surface area (Å²) in [4.78, 5) is 17.3. The summed E-state index contributed by atoms with van der Waals surface area (Å²) in [6, 6.07) is 4.57. The first kappa shape index (κ1) is 17.4. The quantitative estimate of drug-likeness (QED) is 0.698. The zero-order valence-electron chi connectivity index (χ0n) is 11.6. The van der Waals surface area contributed by atoms with Crippen molar-refractivity contribution >= 4 is 73.2 Å². The second kappa shape index (κ2) is 6.44. The fourth-order valence-electron chi connectivity index (χ4n) is 2.65. The highest BCUT2D eigenvalue weighted by Gasteiger charge is 2.49. The number of aliphatic imine (C=N–C) groups is 1. The van der Waals surface area contributed by atoms with Crippen molar-refractivity contribution in [2.24, 2.45) is 4.99 Å². The average Bonchev–Trinajstić information content (AvgIpc) is 2.92. The maximum atomic E-state index is 11.9. The number of amidine groups is 1. The predicted octanol–water partition coefficient (Wildman–Crippen LogP) is 2.83. The molecule has 0 bridgehead atoms. The minimum Gasteiger partial charge on any atom is -0.314 e. The minimum absolute atomic E-state index is 0.0123. The lowest BCUT2D eigenvalue weighted by Crippen LogP contribution is -2.38. The minimum atomic E-state index is -3.13. The van der Waals surface area contributed by atoms with Crippen LogP contribution in [0.2, 0.25) is 10.0 Å². The summed E-state index contributed by atoms with van der Waals surface area (Å²) in [6.07, 6.45) is 0. The van der Waals surface area contributed by atoms with Crippen LogP contribution in [0.3, 0.4) is 0 Å². The smallest absolute Gasteiger partial charge is 0.262 e. The molecule has 0 radical (unpaired) electrons. The lowest BCUT2D eigenvalue weighted by Gasteiger charge is -2.25. The number of amides is 1. The molecule has 1 amide bonds. The van der Waals surface area contributed by atoms with Gasteiger partial charge in [-0.3, -0.25) is 4.79 Å². The van der Waals surface area contributed by atoms with E-state index in [0.717, 1.165) is 0 Å². The monoisotopic (exact) mass is 412 g/mol. The molecule has 10 heteroatoms. The van der Waals surface area contributed by atoms with E-state index >= 15 is 0 Å². The maximum absolute atomic E-state index is 11.9. The number of fused-ring (bicyclic) bond motifs is 1. The Hall–Kier alpha value is -0.470. The molecule has 3 rings (SSSR count). The Kier molecular flexibility index (Phi) is 4.86. The van der Waals surface area contributed by atoms with E-state index < -0.39 is 15.7 Å². The van der Waals surface area contributed by atoms with Crippen LogP contribution in [0.15, 0.2) is 23.2 Å². The van der Waals surface area contributed by atoms with Crippen molar-refractivity contribution in [2.75, 3.05) is 22.3 Å². The number of carbonyl (C=O) groups is 1. The van der Waals surface area contributed by atoms with Crippen LogP contribution in [0.4, 0.5) is 5.69 Å². The molecule has 1 aromatic carbocycles. The highest BCUT2D eigenvalue weighted by molar-refractivity contribution is 8.16. The number of halogens is 3. The second-order valence-electron chi connectivity index (χ2n) is 5.19. The Morgan fingerprint density at radius 2 is 2.09 bits per heavy atom. The molecule has 0 aromatic heterocycles. The number of hydrogen-bond donors (Lipinski definition) is 0. The molecule has 0 saturated carbocycles. The Bertz CT molecular complexity index is 798. The number of rotatable bonds is 2. The third-order valence-corrected chi connectivity index (χ3v) is 7.56. The van der Waals surface area contributed by atoms with Crippen LogP contribution in [0, 0.1) is 0 Å². The van der Waals surface area contributed by atoms with E-state index in [0.29, 0.717) is 20.9 Å². The van der Waals surface area contributed by atoms with Crippen molar-refractivity contribution in [2.45, 2.75) is 11.3 Å². The molecule has 2 aliphatic rings. The van der Waals surface area contributed by atoms with Gasteiger partial charge in [0.05, 0.1) is 28.3 Å². The number of alkyl halides is 1. The zero-order valence-corrected chi connectivity index (χ0v) is 15.5. The van der Waals surface area contributed by atoms with E-state index in [1.54, 1.807) is 23.1 Å². The molecule has 2 atom stereocenters. The summed E-state index contributed by atoms with van der Waals surface area (Å²) in [5.74, 6) is -0.693. The summed E-state index contributed by atoms with van der Waals surface area (Å²) in [5, 5.41) is 1.08. The summed E-state index contributed by atoms with van der Waals surface area (Å²) in [7, 11) is -3.13. The van der Waals surface area contributed by atoms with Crippen LogP contribution in [0.5, 0.6) is 0 Å². The largest absolute Gasteiger partial charge is 0.314 e. The zero-order chi connectivity index (χ0) is 16.8. The SMILES string of the molecule is O=C(CCl)N=C1S[C@@H]2CS(=O)(=O)C[C@@H]2N1c1cc(Cl)ccc1Cl. The summed E-state index contributed by atoms with van der Waals surface area (Å²) in [5.41, 5.74) is 0.539. The molecule has 2 fully saturated rings. The molecule has 0 N–H and O–H groups in total. The number of benzene rings is 1. The van der Waals surface area contributed by atoms with Gasteiger partial charge in [0.1, 0.15) is 5.88 Å². The van der Waals surface area contributed by atoms with Crippen molar-refractivity contribution in [3.8, 4) is 0 Å². The van der Waals surface area contributed by atoms with Gasteiger partial charge in [0.2, 0.25) is 0 Å². The van der Waals surface area contributed by atoms with Crippen LogP contribution in [-0.2, 0) is 14.6 Å². The Morgan fingerprint density at radius 3 is 2.78 bits per heavy atom. The number of nitrogens with zero attached hydrogens (tertiary/aromatic N) is 2. The number of sulfone groups is 1. The molecule has 23 heavy (non-hydrogen) atoms. The molecule has 1 aromatic rings. The molecule has 0 spiro atoms. The van der Waals surface area contributed by atoms with Gasteiger partial charge in [0.25, 0.3) is 5.91 Å². The van der Waals surface area contributed by atoms with E-state index in [9.17, 15) is 13.2 Å². The molecular formula is C13H11Cl3N2O3S2. The Morgan fingerprint density at radius 1 is 1.35 bits per heavy atom. The summed E-state index contributed by atoms with van der Waals surface area (Å²) in [6.45, 7) is 0. The van der Waals surface area contributed by atoms with Gasteiger partial charge in [0.15, 0.2) is 15.0 Å². The van der Waals surface area contributed by atoms with Crippen LogP contribution >= 0.6 is 46.6 Å². The van der Waals surface area contributed by atoms with Crippen LogP contribution in [-0.4, -0.2) is 48.2 Å². The molecule has 5 nitrogen and oxygen atoms in total. The molecule has 2 aliphatic heterocycles. The van der Waals surface area contributed by atoms with E-state index in [4.69, 9.17) is 34.8 Å². The maximum Gasteiger partial charge on any atom is 0.262 e. The Labute approximate surface area is 152 Å². The van der Waals surface area contributed by atoms with Gasteiger partial charge >= 0.3 is 0 Å². The van der Waals surface area contributed by atoms with E-state index in [2.05, 4.69) is 4.99 Å². The number of thioether (sulfide) groups is 1. The van der Waals surface area contributed by atoms with Crippen molar-refractivity contribution in [3.63, 3.8) is 0 Å². The van der Waals surface area contributed by atoms with Gasteiger partial charge in [-0.15, -0.1) is 11.6 Å². The van der Waals surface area contributed by atoms with Crippen molar-refractivity contribution in [1.29, 1.82) is 0 Å². The number of carbonyl (C=O) groups excluding carboxylic acids is 1. The third kappa shape index (κ3) is 3.49. The molecule has 124 valence electrons. The number of hydrogen-bond acceptors (Lipinski definition) is 4. The highest BCUT2D eigenvalue weighted by Crippen LogP contribution is 2.43. The first-order valence-electron chi connectivity index (χ1n) is 6.59. The van der Waals surface area contributed by atoms with Crippen molar-refractivity contribution in [1.82, 2.24) is 0 Å². The predicted molar refractivity (Wildman–Crippen MR) is 95.9 cm³/mol. The molecule has 0 aliphatic carbocycles. The fourth-order valence-corrected chi connectivity index (χ4v) is 7.01. The number of anilines is 1. The summed E-state index contributed by atoms with van der Waals surface area (Å²) >= 11 is 19.1. The van der Waals surface area contributed by atoms with Crippen molar-refractivity contribution in [3.05, 3.63) is 28.2 Å². The normalized spacial score (nSPS) is 27.4. The van der Waals surface area contributed by atoms with Gasteiger partial charge in [-0.05, 0) is 18.2 Å². The first-order chi connectivity index (χ1) is 10.8. The van der Waals surface area contributed by atoms with Gasteiger partial charge in [-0.1, -0.05) is 35.0 Å². The lowest BCUT2D eigenvalue weighted by molar-refractivity contribution is -0.115. The molecule has 2 heterocycles. The van der Waals surface area contributed by atoms with Gasteiger partial charge < -0.3 is 4.90 Å². The van der Waals surface area contributed by atoms with Crippen LogP contribution in [0.25, 0.3) is 0 Å². The van der Waals surface area contributed by atoms with Gasteiger partial charge in [-0.25, -0.2) is 8.42 Å². The van der Waals surface area contributed by atoms with E-state index in [-0.39, 0.29) is 28.7 Å². The third-order valence-electron chi connectivity index (χ3n) is 3.57. The highest BCUT2D eigenvalue weighted by atomic mass is 35.5. The Balaban J connectivity index is 2.08. The van der Waals surface area contributed by atoms with Crippen LogP contribution < -0.4 is 4.90 Å². The van der Waals surface area contributed by atoms with E-state index in [1.165, 1.54) is 11.8 Å². The fraction of sp³-hybridized carbons (Fsp3) is 0.385. The van der Waals surface area contributed by atoms with Crippen LogP contribution in [0.1, 0.15) is 0 Å². The van der Waals surface area contributed by atoms with E-state index in [1.807, 2.05) is 0 Å². The van der Waals surface area contributed by atoms with Gasteiger partial charge in [-0.2, -0.15) is 4.99 Å². The lowest BCUT2D eigenvalue weighted by atomic mass is 10.2. The molecule has 2 saturated heterocycles. The van der Waals surface area contributed by atoms with Gasteiger partial charge in [0, 0.05) is 10.3 Å². The average molecular weight is 414 g/mol. The first-order valence-corrected chi connectivity index (χ1v) is 10.6. The topological polar surface area (TPSA) is 66.8 Å². The second-order valence-corrected chi connectivity index (χ2v) is 9.66. The molecule has 0 unspecified atom stereocenters. The molecular weight excluding hydrogens is 403 g/mol. The van der Waals surface area contributed by atoms with Crippen molar-refractivity contribution < 1.29 is 13.2 Å². The standard InChI is InChI=1S/C13H11Cl3N2O3S2/c14-4-12(19)17-13-18(9-3-7(15)1-2-8(9)16)10-5-23(20,21)6-11(10)22-13/h1-3,10-11H,4-6H2/t10-,11+/m0/s1.